The van der Waals surface area contributed by atoms with E-state index in [0.29, 0.717) is 5.82 Å². The van der Waals surface area contributed by atoms with Gasteiger partial charge in [0.15, 0.2) is 0 Å². The first-order chi connectivity index (χ1) is 5.33. The molecular weight excluding hydrogens is 145 g/mol. The normalized spacial score (nSPS) is 12.5. The topological polar surface area (TPSA) is 37.8 Å². The van der Waals surface area contributed by atoms with Gasteiger partial charge in [-0.15, -0.1) is 5.10 Å². The van der Waals surface area contributed by atoms with Crippen molar-refractivity contribution in [2.75, 3.05) is 12.0 Å². The Morgan fingerprint density at radius 1 is 1.73 bits per heavy atom. The second-order valence-corrected chi connectivity index (χ2v) is 2.31. The molecule has 60 valence electrons. The van der Waals surface area contributed by atoms with Crippen molar-refractivity contribution in [3.8, 4) is 0 Å². The lowest BCUT2D eigenvalue weighted by molar-refractivity contribution is 0.459. The summed E-state index contributed by atoms with van der Waals surface area (Å²) in [5, 5.41) is 10.2. The zero-order valence-corrected chi connectivity index (χ0v) is 6.29. The maximum Gasteiger partial charge on any atom is 0.148 e. The molecule has 0 spiro atoms. The van der Waals surface area contributed by atoms with E-state index in [1.807, 2.05) is 0 Å². The van der Waals surface area contributed by atoms with Crippen LogP contribution < -0.4 is 5.32 Å². The highest BCUT2D eigenvalue weighted by Crippen LogP contribution is 2.00. The molecule has 0 saturated carbocycles. The molecule has 1 aromatic rings. The maximum absolute atomic E-state index is 12.0. The van der Waals surface area contributed by atoms with Crippen LogP contribution in [0, 0.1) is 0 Å². The summed E-state index contributed by atoms with van der Waals surface area (Å²) < 4.78 is 12.0. The molecule has 0 fully saturated rings. The molecule has 1 aromatic heterocycles. The van der Waals surface area contributed by atoms with Crippen LogP contribution in [0.25, 0.3) is 0 Å². The van der Waals surface area contributed by atoms with Crippen molar-refractivity contribution in [3.05, 3.63) is 18.3 Å². The molecule has 0 aliphatic carbocycles. The van der Waals surface area contributed by atoms with E-state index in [9.17, 15) is 4.39 Å². The van der Waals surface area contributed by atoms with Gasteiger partial charge < -0.3 is 5.32 Å². The Morgan fingerprint density at radius 2 is 2.55 bits per heavy atom. The van der Waals surface area contributed by atoms with Gasteiger partial charge in [-0.05, 0) is 19.1 Å². The van der Waals surface area contributed by atoms with Crippen molar-refractivity contribution < 1.29 is 4.39 Å². The molecule has 0 unspecified atom stereocenters. The standard InChI is InChI=1S/C7H10FN3/c1-6(5-8)10-7-3-2-4-9-11-7/h2-4,6H,5H2,1H3,(H,10,11)/t6-/m0/s1. The van der Waals surface area contributed by atoms with Crippen molar-refractivity contribution in [2.24, 2.45) is 0 Å². The smallest absolute Gasteiger partial charge is 0.148 e. The molecule has 1 N–H and O–H groups in total. The first kappa shape index (κ1) is 7.91. The van der Waals surface area contributed by atoms with E-state index in [-0.39, 0.29) is 6.04 Å². The molecule has 0 saturated heterocycles. The number of alkyl halides is 1. The first-order valence-electron chi connectivity index (χ1n) is 3.43. The van der Waals surface area contributed by atoms with Crippen LogP contribution in [0.4, 0.5) is 10.2 Å². The van der Waals surface area contributed by atoms with E-state index in [2.05, 4.69) is 15.5 Å². The second kappa shape index (κ2) is 3.85. The van der Waals surface area contributed by atoms with Crippen LogP contribution in [0.1, 0.15) is 6.92 Å². The number of anilines is 1. The lowest BCUT2D eigenvalue weighted by atomic mass is 10.4. The fraction of sp³-hybridized carbons (Fsp3) is 0.429. The first-order valence-corrected chi connectivity index (χ1v) is 3.43. The summed E-state index contributed by atoms with van der Waals surface area (Å²) in [4.78, 5) is 0. The van der Waals surface area contributed by atoms with Gasteiger partial charge in [-0.25, -0.2) is 4.39 Å². The van der Waals surface area contributed by atoms with Gasteiger partial charge in [0.2, 0.25) is 0 Å². The van der Waals surface area contributed by atoms with E-state index in [0.717, 1.165) is 0 Å². The van der Waals surface area contributed by atoms with Crippen molar-refractivity contribution in [1.29, 1.82) is 0 Å². The largest absolute Gasteiger partial charge is 0.364 e. The van der Waals surface area contributed by atoms with Crippen molar-refractivity contribution in [3.63, 3.8) is 0 Å². The van der Waals surface area contributed by atoms with E-state index in [4.69, 9.17) is 0 Å². The van der Waals surface area contributed by atoms with Crippen LogP contribution in [0.3, 0.4) is 0 Å². The highest BCUT2D eigenvalue weighted by Gasteiger charge is 1.99. The van der Waals surface area contributed by atoms with Crippen molar-refractivity contribution >= 4 is 5.82 Å². The van der Waals surface area contributed by atoms with Crippen LogP contribution >= 0.6 is 0 Å². The fourth-order valence-electron chi connectivity index (χ4n) is 0.670. The molecule has 0 bridgehead atoms. The molecule has 1 heterocycles. The van der Waals surface area contributed by atoms with Gasteiger partial charge in [0.05, 0.1) is 6.04 Å². The summed E-state index contributed by atoms with van der Waals surface area (Å²) in [6.45, 7) is 1.34. The molecular formula is C7H10FN3. The SMILES string of the molecule is C[C@@H](CF)Nc1cccnn1. The minimum absolute atomic E-state index is 0.202. The van der Waals surface area contributed by atoms with Gasteiger partial charge >= 0.3 is 0 Å². The van der Waals surface area contributed by atoms with Crippen LogP contribution in [0.2, 0.25) is 0 Å². The predicted molar refractivity (Wildman–Crippen MR) is 41.1 cm³/mol. The van der Waals surface area contributed by atoms with Crippen LogP contribution in [-0.4, -0.2) is 22.9 Å². The van der Waals surface area contributed by atoms with Crippen LogP contribution in [0.5, 0.6) is 0 Å². The fourth-order valence-corrected chi connectivity index (χ4v) is 0.670. The van der Waals surface area contributed by atoms with Crippen LogP contribution in [0.15, 0.2) is 18.3 Å². The number of aromatic nitrogens is 2. The van der Waals surface area contributed by atoms with Gasteiger partial charge in [-0.3, -0.25) is 0 Å². The van der Waals surface area contributed by atoms with Gasteiger partial charge in [0.25, 0.3) is 0 Å². The van der Waals surface area contributed by atoms with E-state index in [1.54, 1.807) is 25.3 Å². The van der Waals surface area contributed by atoms with E-state index in [1.165, 1.54) is 0 Å². The number of nitrogens with zero attached hydrogens (tertiary/aromatic N) is 2. The summed E-state index contributed by atoms with van der Waals surface area (Å²) >= 11 is 0. The molecule has 0 aromatic carbocycles. The highest BCUT2D eigenvalue weighted by molar-refractivity contribution is 5.32. The Hall–Kier alpha value is -1.19. The second-order valence-electron chi connectivity index (χ2n) is 2.31. The molecule has 0 aliphatic rings. The van der Waals surface area contributed by atoms with Gasteiger partial charge in [-0.2, -0.15) is 5.10 Å². The number of halogens is 1. The third-order valence-corrected chi connectivity index (χ3v) is 1.20. The quantitative estimate of drug-likeness (QED) is 0.713. The average molecular weight is 155 g/mol. The Labute approximate surface area is 64.6 Å². The molecule has 1 atom stereocenters. The van der Waals surface area contributed by atoms with Gasteiger partial charge in [0.1, 0.15) is 12.5 Å². The van der Waals surface area contributed by atoms with Gasteiger partial charge in [-0.1, -0.05) is 0 Å². The third-order valence-electron chi connectivity index (χ3n) is 1.20. The molecule has 11 heavy (non-hydrogen) atoms. The number of rotatable bonds is 3. The Kier molecular flexibility index (Phi) is 2.77. The lowest BCUT2D eigenvalue weighted by Gasteiger charge is -2.08. The van der Waals surface area contributed by atoms with Crippen molar-refractivity contribution in [1.82, 2.24) is 10.2 Å². The molecule has 4 heteroatoms. The predicted octanol–water partition coefficient (Wildman–Crippen LogP) is 1.25. The summed E-state index contributed by atoms with van der Waals surface area (Å²) in [7, 11) is 0. The molecule has 1 rings (SSSR count). The Morgan fingerprint density at radius 3 is 3.09 bits per heavy atom. The van der Waals surface area contributed by atoms with E-state index >= 15 is 0 Å². The highest BCUT2D eigenvalue weighted by atomic mass is 19.1. The van der Waals surface area contributed by atoms with Crippen LogP contribution in [-0.2, 0) is 0 Å². The maximum atomic E-state index is 12.0. The zero-order valence-electron chi connectivity index (χ0n) is 6.29. The average Bonchev–Trinajstić information content (AvgIpc) is 2.06. The summed E-state index contributed by atoms with van der Waals surface area (Å²) in [6, 6.07) is 3.30. The number of nitrogens with one attached hydrogen (secondary N) is 1. The molecule has 0 amide bonds. The van der Waals surface area contributed by atoms with Crippen molar-refractivity contribution in [2.45, 2.75) is 13.0 Å². The minimum atomic E-state index is -0.406. The molecule has 0 radical (unpaired) electrons. The summed E-state index contributed by atoms with van der Waals surface area (Å²) in [6.07, 6.45) is 1.57. The third kappa shape index (κ3) is 2.49. The number of hydrogen-bond acceptors (Lipinski definition) is 3. The zero-order chi connectivity index (χ0) is 8.10. The Balaban J connectivity index is 2.51. The molecule has 0 aliphatic heterocycles. The van der Waals surface area contributed by atoms with Gasteiger partial charge in [0, 0.05) is 6.20 Å². The lowest BCUT2D eigenvalue weighted by Crippen LogP contribution is -2.17. The number of hydrogen-bond donors (Lipinski definition) is 1. The summed E-state index contributed by atoms with van der Waals surface area (Å²) in [5.41, 5.74) is 0. The minimum Gasteiger partial charge on any atom is -0.364 e. The summed E-state index contributed by atoms with van der Waals surface area (Å²) in [5.74, 6) is 0.609. The Bertz CT molecular complexity index is 202. The molecule has 3 nitrogen and oxygen atoms in total. The van der Waals surface area contributed by atoms with E-state index < -0.39 is 6.67 Å². The monoisotopic (exact) mass is 155 g/mol.